The monoisotopic (exact) mass is 303 g/mol. The van der Waals surface area contributed by atoms with E-state index in [1.54, 1.807) is 16.9 Å². The molecule has 1 aromatic carbocycles. The number of carbonyl (C=O) groups excluding carboxylic acids is 2. The van der Waals surface area contributed by atoms with Crippen LogP contribution >= 0.6 is 0 Å². The summed E-state index contributed by atoms with van der Waals surface area (Å²) >= 11 is 0. The Labute approximate surface area is 145 Å². The minimum atomic E-state index is 0. The van der Waals surface area contributed by atoms with Crippen LogP contribution in [0.15, 0.2) is 41.9 Å². The van der Waals surface area contributed by atoms with Gasteiger partial charge in [-0.2, -0.15) is 32.9 Å². The summed E-state index contributed by atoms with van der Waals surface area (Å²) in [4.78, 5) is 27.1. The molecule has 0 radical (unpaired) electrons. The van der Waals surface area contributed by atoms with Crippen LogP contribution in [0.25, 0.3) is 27.2 Å². The second kappa shape index (κ2) is 8.68. The van der Waals surface area contributed by atoms with E-state index in [0.717, 1.165) is 10.9 Å². The molecule has 102 valence electrons. The largest absolute Gasteiger partial charge is 1.00 e. The van der Waals surface area contributed by atoms with Gasteiger partial charge in [0.15, 0.2) is 11.6 Å². The van der Waals surface area contributed by atoms with Crippen LogP contribution in [0.4, 0.5) is 5.82 Å². The first kappa shape index (κ1) is 17.5. The zero-order valence-electron chi connectivity index (χ0n) is 11.4. The number of hydrogen-bond acceptors (Lipinski definition) is 6. The molecule has 0 aliphatic heterocycles. The minimum Gasteiger partial charge on any atom is -0.249 e. The second-order valence-corrected chi connectivity index (χ2v) is 3.52. The SMILES string of the molecule is O=C=O.[N-]=[N+]=Nc1nccnc1-n1ncc2c[c-]ccc21.[Na+]. The first-order chi connectivity index (χ1) is 10.3. The molecule has 0 unspecified atom stereocenters. The molecule has 0 amide bonds. The molecule has 0 bridgehead atoms. The summed E-state index contributed by atoms with van der Waals surface area (Å²) in [7, 11) is 0. The third-order valence-electron chi connectivity index (χ3n) is 2.41. The Hall–Kier alpha value is -2.54. The Morgan fingerprint density at radius 1 is 1.32 bits per heavy atom. The van der Waals surface area contributed by atoms with Gasteiger partial charge in [0.1, 0.15) is 0 Å². The molecule has 22 heavy (non-hydrogen) atoms. The van der Waals surface area contributed by atoms with Crippen molar-refractivity contribution in [3.8, 4) is 5.82 Å². The molecule has 3 rings (SSSR count). The summed E-state index contributed by atoms with van der Waals surface area (Å²) in [5.41, 5.74) is 9.36. The topological polar surface area (TPSA) is 126 Å². The fourth-order valence-corrected chi connectivity index (χ4v) is 1.67. The first-order valence-electron chi connectivity index (χ1n) is 5.51. The number of nitrogens with zero attached hydrogens (tertiary/aromatic N) is 7. The molecule has 3 aromatic rings. The summed E-state index contributed by atoms with van der Waals surface area (Å²) in [5.74, 6) is 0.592. The van der Waals surface area contributed by atoms with E-state index in [1.165, 1.54) is 12.4 Å². The predicted molar refractivity (Wildman–Crippen MR) is 69.3 cm³/mol. The van der Waals surface area contributed by atoms with Gasteiger partial charge in [-0.05, 0) is 16.2 Å². The fourth-order valence-electron chi connectivity index (χ4n) is 1.67. The van der Waals surface area contributed by atoms with Crippen molar-refractivity contribution in [3.05, 3.63) is 53.3 Å². The van der Waals surface area contributed by atoms with E-state index in [4.69, 9.17) is 15.1 Å². The van der Waals surface area contributed by atoms with Gasteiger partial charge in [-0.25, -0.2) is 14.6 Å². The van der Waals surface area contributed by atoms with Crippen molar-refractivity contribution in [1.29, 1.82) is 0 Å². The van der Waals surface area contributed by atoms with E-state index >= 15 is 0 Å². The molecule has 0 atom stereocenters. The van der Waals surface area contributed by atoms with E-state index in [0.29, 0.717) is 5.82 Å². The molecule has 0 fully saturated rings. The minimum absolute atomic E-state index is 0. The molecule has 0 aliphatic rings. The Bertz CT molecular complexity index is 851. The zero-order chi connectivity index (χ0) is 15.1. The number of fused-ring (bicyclic) bond motifs is 1. The Kier molecular flexibility index (Phi) is 6.91. The van der Waals surface area contributed by atoms with Crippen LogP contribution < -0.4 is 29.6 Å². The van der Waals surface area contributed by atoms with Crippen LogP contribution in [0.2, 0.25) is 0 Å². The van der Waals surface area contributed by atoms with E-state index in [9.17, 15) is 0 Å². The number of azide groups is 1. The maximum absolute atomic E-state index is 8.51. The number of aromatic nitrogens is 4. The maximum atomic E-state index is 8.51. The summed E-state index contributed by atoms with van der Waals surface area (Å²) in [5, 5.41) is 8.65. The molecule has 2 heterocycles. The van der Waals surface area contributed by atoms with Crippen LogP contribution in [0.1, 0.15) is 0 Å². The molecule has 0 spiro atoms. The van der Waals surface area contributed by atoms with Crippen molar-refractivity contribution in [3.63, 3.8) is 0 Å². The van der Waals surface area contributed by atoms with Crippen molar-refractivity contribution < 1.29 is 39.1 Å². The molecule has 0 saturated carbocycles. The Balaban J connectivity index is 0.000000562. The van der Waals surface area contributed by atoms with E-state index in [2.05, 4.69) is 31.2 Å². The van der Waals surface area contributed by atoms with Crippen LogP contribution in [0, 0.1) is 6.07 Å². The van der Waals surface area contributed by atoms with Crippen molar-refractivity contribution in [2.45, 2.75) is 0 Å². The van der Waals surface area contributed by atoms with Gasteiger partial charge in [0.05, 0.1) is 0 Å². The number of benzene rings is 1. The van der Waals surface area contributed by atoms with Crippen LogP contribution in [-0.2, 0) is 9.59 Å². The standard InChI is InChI=1S/C11H6N7.CO2.Na/c12-17-16-10-11(14-6-5-13-10)18-9-4-2-1-3-8(9)7-15-18;2-1-3;/h2-7H;;/q-1;;+1. The van der Waals surface area contributed by atoms with E-state index in [-0.39, 0.29) is 41.5 Å². The summed E-state index contributed by atoms with van der Waals surface area (Å²) < 4.78 is 1.58. The summed E-state index contributed by atoms with van der Waals surface area (Å²) in [6, 6.07) is 8.43. The van der Waals surface area contributed by atoms with Gasteiger partial charge in [0, 0.05) is 23.5 Å². The summed E-state index contributed by atoms with van der Waals surface area (Å²) in [6.45, 7) is 0. The quantitative estimate of drug-likeness (QED) is 0.197. The fraction of sp³-hybridized carbons (Fsp3) is 0. The smallest absolute Gasteiger partial charge is 0.249 e. The molecular formula is C12H6N7NaO2. The van der Waals surface area contributed by atoms with Crippen LogP contribution in [-0.4, -0.2) is 25.9 Å². The second-order valence-electron chi connectivity index (χ2n) is 3.52. The van der Waals surface area contributed by atoms with Gasteiger partial charge in [-0.1, -0.05) is 5.39 Å². The van der Waals surface area contributed by atoms with Gasteiger partial charge >= 0.3 is 35.7 Å². The van der Waals surface area contributed by atoms with Gasteiger partial charge in [0.25, 0.3) is 0 Å². The van der Waals surface area contributed by atoms with E-state index < -0.39 is 0 Å². The van der Waals surface area contributed by atoms with Gasteiger partial charge < -0.3 is 0 Å². The molecule has 0 saturated heterocycles. The van der Waals surface area contributed by atoms with Crippen molar-refractivity contribution in [2.75, 3.05) is 0 Å². The third-order valence-corrected chi connectivity index (χ3v) is 2.41. The maximum Gasteiger partial charge on any atom is 1.00 e. The predicted octanol–water partition coefficient (Wildman–Crippen LogP) is -1.02. The Morgan fingerprint density at radius 3 is 2.77 bits per heavy atom. The zero-order valence-corrected chi connectivity index (χ0v) is 13.4. The van der Waals surface area contributed by atoms with Gasteiger partial charge in [-0.3, -0.25) is 0 Å². The van der Waals surface area contributed by atoms with E-state index in [1.807, 2.05) is 12.1 Å². The van der Waals surface area contributed by atoms with Crippen molar-refractivity contribution >= 4 is 22.9 Å². The average molecular weight is 303 g/mol. The first-order valence-corrected chi connectivity index (χ1v) is 5.51. The van der Waals surface area contributed by atoms with Gasteiger partial charge in [-0.15, -0.1) is 6.07 Å². The molecule has 0 aliphatic carbocycles. The molecule has 2 aromatic heterocycles. The summed E-state index contributed by atoms with van der Waals surface area (Å²) in [6.07, 6.45) is 4.93. The average Bonchev–Trinajstić information content (AvgIpc) is 2.93. The number of rotatable bonds is 2. The Morgan fingerprint density at radius 2 is 2.05 bits per heavy atom. The molecule has 10 heteroatoms. The number of hydrogen-bond donors (Lipinski definition) is 0. The van der Waals surface area contributed by atoms with Crippen LogP contribution in [0.3, 0.4) is 0 Å². The van der Waals surface area contributed by atoms with Gasteiger partial charge in [0.2, 0.25) is 0 Å². The van der Waals surface area contributed by atoms with Crippen LogP contribution in [0.5, 0.6) is 0 Å². The third kappa shape index (κ3) is 3.76. The molecule has 9 nitrogen and oxygen atoms in total. The normalized spacial score (nSPS) is 8.73. The van der Waals surface area contributed by atoms with Crippen molar-refractivity contribution in [1.82, 2.24) is 19.7 Å². The molecule has 0 N–H and O–H groups in total. The molecular weight excluding hydrogens is 297 g/mol. The van der Waals surface area contributed by atoms with Crippen molar-refractivity contribution in [2.24, 2.45) is 5.11 Å².